The first kappa shape index (κ1) is 23.1. The summed E-state index contributed by atoms with van der Waals surface area (Å²) in [5, 5.41) is 0. The Morgan fingerprint density at radius 3 is 2.49 bits per heavy atom. The molecule has 2 aromatic carbocycles. The molecule has 0 radical (unpaired) electrons. The molecule has 1 saturated heterocycles. The molecule has 0 bridgehead atoms. The van der Waals surface area contributed by atoms with E-state index in [9.17, 15) is 14.0 Å². The second-order valence-corrected chi connectivity index (χ2v) is 8.97. The Balaban J connectivity index is 1.27. The van der Waals surface area contributed by atoms with Crippen LogP contribution in [0, 0.1) is 5.82 Å². The highest BCUT2D eigenvalue weighted by Gasteiger charge is 2.38. The molecule has 5 rings (SSSR count). The van der Waals surface area contributed by atoms with E-state index in [1.54, 1.807) is 23.1 Å². The molecule has 3 heterocycles. The molecule has 1 aromatic heterocycles. The zero-order valence-electron chi connectivity index (χ0n) is 19.7. The quantitative estimate of drug-likeness (QED) is 0.564. The Morgan fingerprint density at radius 2 is 1.80 bits per heavy atom. The minimum atomic E-state index is -0.579. The molecule has 2 aliphatic rings. The summed E-state index contributed by atoms with van der Waals surface area (Å²) >= 11 is 0. The Kier molecular flexibility index (Phi) is 6.55. The van der Waals surface area contributed by atoms with Crippen molar-refractivity contribution in [1.29, 1.82) is 0 Å². The SMILES string of the molecule is COc1ccc(CN2CCN(C(=O)C3Cc4ccccc4CN3C(=O)c3ccco3)CC2)cc1F. The van der Waals surface area contributed by atoms with Gasteiger partial charge in [-0.2, -0.15) is 0 Å². The van der Waals surface area contributed by atoms with Crippen LogP contribution in [0.2, 0.25) is 0 Å². The highest BCUT2D eigenvalue weighted by Crippen LogP contribution is 2.27. The third-order valence-electron chi connectivity index (χ3n) is 6.83. The van der Waals surface area contributed by atoms with Crippen molar-refractivity contribution in [3.63, 3.8) is 0 Å². The normalized spacial score (nSPS) is 18.3. The zero-order valence-corrected chi connectivity index (χ0v) is 19.7. The second kappa shape index (κ2) is 9.92. The topological polar surface area (TPSA) is 66.2 Å². The number of nitrogens with zero attached hydrogens (tertiary/aromatic N) is 3. The van der Waals surface area contributed by atoms with Crippen molar-refractivity contribution in [2.24, 2.45) is 0 Å². The van der Waals surface area contributed by atoms with Crippen LogP contribution in [-0.2, 0) is 24.3 Å². The van der Waals surface area contributed by atoms with Crippen LogP contribution in [0.4, 0.5) is 4.39 Å². The van der Waals surface area contributed by atoms with Gasteiger partial charge in [-0.15, -0.1) is 0 Å². The van der Waals surface area contributed by atoms with Gasteiger partial charge in [0.15, 0.2) is 17.3 Å². The van der Waals surface area contributed by atoms with Crippen molar-refractivity contribution in [3.05, 3.63) is 89.1 Å². The third kappa shape index (κ3) is 4.79. The van der Waals surface area contributed by atoms with Crippen LogP contribution < -0.4 is 4.74 Å². The predicted molar refractivity (Wildman–Crippen MR) is 127 cm³/mol. The number of carbonyl (C=O) groups is 2. The molecule has 0 aliphatic carbocycles. The first-order valence-corrected chi connectivity index (χ1v) is 11.8. The van der Waals surface area contributed by atoms with E-state index in [1.165, 1.54) is 19.4 Å². The standard InChI is InChI=1S/C27H28FN3O4/c1-34-24-9-8-19(15-22(24)28)17-29-10-12-30(13-11-29)26(32)23-16-20-5-2-3-6-21(20)18-31(23)27(33)25-7-4-14-35-25/h2-9,14-15,23H,10-13,16-18H2,1H3. The first-order valence-electron chi connectivity index (χ1n) is 11.8. The van der Waals surface area contributed by atoms with Gasteiger partial charge in [-0.05, 0) is 41.0 Å². The van der Waals surface area contributed by atoms with Gasteiger partial charge in [0.25, 0.3) is 5.91 Å². The predicted octanol–water partition coefficient (Wildman–Crippen LogP) is 3.34. The molecule has 3 aromatic rings. The van der Waals surface area contributed by atoms with Gasteiger partial charge >= 0.3 is 0 Å². The number of benzene rings is 2. The van der Waals surface area contributed by atoms with E-state index < -0.39 is 6.04 Å². The maximum absolute atomic E-state index is 14.1. The summed E-state index contributed by atoms with van der Waals surface area (Å²) in [5.74, 6) is -0.235. The van der Waals surface area contributed by atoms with Gasteiger partial charge in [-0.3, -0.25) is 14.5 Å². The van der Waals surface area contributed by atoms with E-state index >= 15 is 0 Å². The number of halogens is 1. The highest BCUT2D eigenvalue weighted by molar-refractivity contribution is 5.96. The summed E-state index contributed by atoms with van der Waals surface area (Å²) in [6, 6.07) is 15.7. The maximum Gasteiger partial charge on any atom is 0.290 e. The lowest BCUT2D eigenvalue weighted by Gasteiger charge is -2.41. The second-order valence-electron chi connectivity index (χ2n) is 8.97. The van der Waals surface area contributed by atoms with E-state index in [1.807, 2.05) is 35.2 Å². The average Bonchev–Trinajstić information content (AvgIpc) is 3.43. The van der Waals surface area contributed by atoms with Crippen molar-refractivity contribution >= 4 is 11.8 Å². The van der Waals surface area contributed by atoms with Gasteiger partial charge in [0.2, 0.25) is 5.91 Å². The fourth-order valence-electron chi connectivity index (χ4n) is 4.90. The number of furan rings is 1. The molecular formula is C27H28FN3O4. The number of hydrogen-bond acceptors (Lipinski definition) is 5. The molecule has 1 fully saturated rings. The molecule has 0 spiro atoms. The van der Waals surface area contributed by atoms with Crippen LogP contribution in [0.15, 0.2) is 65.3 Å². The maximum atomic E-state index is 14.1. The monoisotopic (exact) mass is 477 g/mol. The molecular weight excluding hydrogens is 449 g/mol. The molecule has 7 nitrogen and oxygen atoms in total. The van der Waals surface area contributed by atoms with Crippen LogP contribution in [-0.4, -0.2) is 65.8 Å². The number of piperazine rings is 1. The van der Waals surface area contributed by atoms with Gasteiger partial charge in [0.05, 0.1) is 13.4 Å². The van der Waals surface area contributed by atoms with Crippen molar-refractivity contribution in [3.8, 4) is 5.75 Å². The molecule has 182 valence electrons. The summed E-state index contributed by atoms with van der Waals surface area (Å²) in [6.45, 7) is 3.43. The molecule has 2 aliphatic heterocycles. The van der Waals surface area contributed by atoms with E-state index in [0.29, 0.717) is 45.7 Å². The minimum absolute atomic E-state index is 0.0467. The van der Waals surface area contributed by atoms with Crippen molar-refractivity contribution in [2.75, 3.05) is 33.3 Å². The number of fused-ring (bicyclic) bond motifs is 1. The summed E-state index contributed by atoms with van der Waals surface area (Å²) in [5.41, 5.74) is 3.00. The van der Waals surface area contributed by atoms with Crippen molar-refractivity contribution in [2.45, 2.75) is 25.6 Å². The molecule has 1 unspecified atom stereocenters. The Morgan fingerprint density at radius 1 is 1.03 bits per heavy atom. The molecule has 2 amide bonds. The lowest BCUT2D eigenvalue weighted by atomic mass is 9.92. The summed E-state index contributed by atoms with van der Waals surface area (Å²) < 4.78 is 24.4. The Bertz CT molecular complexity index is 1200. The van der Waals surface area contributed by atoms with E-state index in [-0.39, 0.29) is 29.1 Å². The summed E-state index contributed by atoms with van der Waals surface area (Å²) in [6.07, 6.45) is 1.95. The van der Waals surface area contributed by atoms with Crippen LogP contribution in [0.5, 0.6) is 5.75 Å². The number of amides is 2. The fourth-order valence-corrected chi connectivity index (χ4v) is 4.90. The third-order valence-corrected chi connectivity index (χ3v) is 6.83. The fraction of sp³-hybridized carbons (Fsp3) is 0.333. The Hall–Kier alpha value is -3.65. The van der Waals surface area contributed by atoms with Gasteiger partial charge in [0, 0.05) is 45.7 Å². The van der Waals surface area contributed by atoms with Gasteiger partial charge in [0.1, 0.15) is 6.04 Å². The van der Waals surface area contributed by atoms with Crippen LogP contribution in [0.1, 0.15) is 27.2 Å². The molecule has 35 heavy (non-hydrogen) atoms. The van der Waals surface area contributed by atoms with E-state index in [0.717, 1.165) is 16.7 Å². The molecule has 0 saturated carbocycles. The van der Waals surface area contributed by atoms with Gasteiger partial charge in [-0.1, -0.05) is 30.3 Å². The van der Waals surface area contributed by atoms with Gasteiger partial charge in [-0.25, -0.2) is 4.39 Å². The first-order chi connectivity index (χ1) is 17.0. The lowest BCUT2D eigenvalue weighted by Crippen LogP contribution is -2.57. The minimum Gasteiger partial charge on any atom is -0.494 e. The van der Waals surface area contributed by atoms with E-state index in [4.69, 9.17) is 9.15 Å². The molecule has 0 N–H and O–H groups in total. The van der Waals surface area contributed by atoms with E-state index in [2.05, 4.69) is 4.90 Å². The highest BCUT2D eigenvalue weighted by atomic mass is 19.1. The van der Waals surface area contributed by atoms with Crippen LogP contribution in [0.3, 0.4) is 0 Å². The largest absolute Gasteiger partial charge is 0.494 e. The van der Waals surface area contributed by atoms with Crippen molar-refractivity contribution in [1.82, 2.24) is 14.7 Å². The van der Waals surface area contributed by atoms with Crippen molar-refractivity contribution < 1.29 is 23.1 Å². The number of hydrogen-bond donors (Lipinski definition) is 0. The summed E-state index contributed by atoms with van der Waals surface area (Å²) in [7, 11) is 1.45. The molecule has 1 atom stereocenters. The smallest absolute Gasteiger partial charge is 0.290 e. The zero-order chi connectivity index (χ0) is 24.4. The Labute approximate surface area is 203 Å². The van der Waals surface area contributed by atoms with Gasteiger partial charge < -0.3 is 19.0 Å². The number of rotatable bonds is 5. The average molecular weight is 478 g/mol. The molecule has 8 heteroatoms. The lowest BCUT2D eigenvalue weighted by molar-refractivity contribution is -0.138. The number of methoxy groups -OCH3 is 1. The van der Waals surface area contributed by atoms with Crippen LogP contribution in [0.25, 0.3) is 0 Å². The summed E-state index contributed by atoms with van der Waals surface area (Å²) in [4.78, 5) is 32.5. The van der Waals surface area contributed by atoms with Crippen LogP contribution >= 0.6 is 0 Å². The number of carbonyl (C=O) groups excluding carboxylic acids is 2. The number of ether oxygens (including phenoxy) is 1.